The van der Waals surface area contributed by atoms with Crippen molar-refractivity contribution < 1.29 is 19.1 Å². The summed E-state index contributed by atoms with van der Waals surface area (Å²) in [5.74, 6) is -0.538. The molecular formula is C20H24N2O4. The number of carbonyl (C=O) groups is 3. The van der Waals surface area contributed by atoms with Crippen molar-refractivity contribution in [1.82, 2.24) is 4.90 Å². The van der Waals surface area contributed by atoms with Crippen molar-refractivity contribution in [3.05, 3.63) is 42.5 Å². The fourth-order valence-corrected chi connectivity index (χ4v) is 4.17. The molecule has 1 aliphatic heterocycles. The van der Waals surface area contributed by atoms with Crippen molar-refractivity contribution in [2.24, 2.45) is 5.92 Å². The molecule has 0 aromatic heterocycles. The van der Waals surface area contributed by atoms with Crippen molar-refractivity contribution in [3.8, 4) is 0 Å². The summed E-state index contributed by atoms with van der Waals surface area (Å²) in [5, 5.41) is 2.66. The Kier molecular flexibility index (Phi) is 5.40. The maximum Gasteiger partial charge on any atom is 0.328 e. The lowest BCUT2D eigenvalue weighted by Crippen LogP contribution is -2.46. The van der Waals surface area contributed by atoms with Crippen LogP contribution in [0, 0.1) is 5.92 Å². The van der Waals surface area contributed by atoms with Gasteiger partial charge in [-0.1, -0.05) is 25.5 Å². The standard InChI is InChI=1S/C20H24N2O4/c1-3-18(23)21-15-9-6-8-14(11-15)19(24)22-16-10-5-4-7-13(16)12-17(22)20(25)26-2/h3,6,8-9,11,13,16-17H,1,4-5,7,10,12H2,2H3,(H,21,23)/t13-,16-,17-/m0/s1. The molecule has 0 unspecified atom stereocenters. The van der Waals surface area contributed by atoms with E-state index in [0.29, 0.717) is 23.6 Å². The monoisotopic (exact) mass is 356 g/mol. The summed E-state index contributed by atoms with van der Waals surface area (Å²) < 4.78 is 4.95. The molecule has 0 radical (unpaired) electrons. The number of fused-ring (bicyclic) bond motifs is 1. The number of nitrogens with zero attached hydrogens (tertiary/aromatic N) is 1. The zero-order chi connectivity index (χ0) is 18.7. The van der Waals surface area contributed by atoms with Crippen molar-refractivity contribution in [1.29, 1.82) is 0 Å². The molecule has 2 amide bonds. The van der Waals surface area contributed by atoms with Crippen LogP contribution < -0.4 is 5.32 Å². The summed E-state index contributed by atoms with van der Waals surface area (Å²) >= 11 is 0. The second kappa shape index (κ2) is 7.72. The van der Waals surface area contributed by atoms with E-state index in [1.165, 1.54) is 13.2 Å². The van der Waals surface area contributed by atoms with Crippen molar-refractivity contribution in [2.75, 3.05) is 12.4 Å². The van der Waals surface area contributed by atoms with Crippen LogP contribution in [0.4, 0.5) is 5.69 Å². The number of rotatable bonds is 4. The maximum atomic E-state index is 13.2. The van der Waals surface area contributed by atoms with Gasteiger partial charge in [0, 0.05) is 17.3 Å². The lowest BCUT2D eigenvalue weighted by Gasteiger charge is -2.33. The van der Waals surface area contributed by atoms with Crippen LogP contribution in [-0.4, -0.2) is 41.9 Å². The summed E-state index contributed by atoms with van der Waals surface area (Å²) in [4.78, 5) is 38.7. The van der Waals surface area contributed by atoms with Crippen molar-refractivity contribution >= 4 is 23.5 Å². The second-order valence-electron chi connectivity index (χ2n) is 6.87. The van der Waals surface area contributed by atoms with Gasteiger partial charge in [-0.25, -0.2) is 4.79 Å². The zero-order valence-electron chi connectivity index (χ0n) is 14.9. The summed E-state index contributed by atoms with van der Waals surface area (Å²) in [6, 6.07) is 6.31. The molecule has 0 spiro atoms. The number of benzene rings is 1. The first kappa shape index (κ1) is 18.2. The fourth-order valence-electron chi connectivity index (χ4n) is 4.17. The summed E-state index contributed by atoms with van der Waals surface area (Å²) in [6.07, 6.45) is 5.99. The fraction of sp³-hybridized carbons (Fsp3) is 0.450. The third-order valence-corrected chi connectivity index (χ3v) is 5.36. The van der Waals surface area contributed by atoms with Gasteiger partial charge in [0.1, 0.15) is 6.04 Å². The number of carbonyl (C=O) groups excluding carboxylic acids is 3. The van der Waals surface area contributed by atoms with Gasteiger partial charge in [-0.15, -0.1) is 0 Å². The molecule has 6 heteroatoms. The molecule has 1 aromatic carbocycles. The number of hydrogen-bond donors (Lipinski definition) is 1. The Bertz CT molecular complexity index is 730. The molecular weight excluding hydrogens is 332 g/mol. The number of amides is 2. The highest BCUT2D eigenvalue weighted by Crippen LogP contribution is 2.40. The number of hydrogen-bond acceptors (Lipinski definition) is 4. The lowest BCUT2D eigenvalue weighted by molar-refractivity contribution is -0.145. The van der Waals surface area contributed by atoms with E-state index in [9.17, 15) is 14.4 Å². The van der Waals surface area contributed by atoms with Crippen LogP contribution in [0.5, 0.6) is 0 Å². The molecule has 1 N–H and O–H groups in total. The molecule has 1 aliphatic carbocycles. The highest BCUT2D eigenvalue weighted by Gasteiger charge is 2.48. The number of methoxy groups -OCH3 is 1. The molecule has 6 nitrogen and oxygen atoms in total. The highest BCUT2D eigenvalue weighted by atomic mass is 16.5. The molecule has 1 heterocycles. The van der Waals surface area contributed by atoms with Crippen molar-refractivity contribution in [3.63, 3.8) is 0 Å². The van der Waals surface area contributed by atoms with E-state index in [0.717, 1.165) is 25.7 Å². The summed E-state index contributed by atoms with van der Waals surface area (Å²) in [7, 11) is 1.36. The molecule has 2 fully saturated rings. The molecule has 1 saturated carbocycles. The molecule has 3 atom stereocenters. The first-order chi connectivity index (χ1) is 12.5. The van der Waals surface area contributed by atoms with Crippen molar-refractivity contribution in [2.45, 2.75) is 44.2 Å². The van der Waals surface area contributed by atoms with Gasteiger partial charge in [-0.2, -0.15) is 0 Å². The van der Waals surface area contributed by atoms with E-state index in [-0.39, 0.29) is 23.8 Å². The quantitative estimate of drug-likeness (QED) is 0.665. The van der Waals surface area contributed by atoms with Gasteiger partial charge in [0.25, 0.3) is 5.91 Å². The minimum atomic E-state index is -0.535. The van der Waals surface area contributed by atoms with Crippen LogP contribution in [0.1, 0.15) is 42.5 Å². The van der Waals surface area contributed by atoms with E-state index >= 15 is 0 Å². The van der Waals surface area contributed by atoms with Gasteiger partial charge in [0.15, 0.2) is 0 Å². The average molecular weight is 356 g/mol. The number of anilines is 1. The molecule has 0 bridgehead atoms. The lowest BCUT2D eigenvalue weighted by atomic mass is 9.84. The minimum absolute atomic E-state index is 0.0757. The number of nitrogens with one attached hydrogen (secondary N) is 1. The van der Waals surface area contributed by atoms with E-state index < -0.39 is 6.04 Å². The zero-order valence-corrected chi connectivity index (χ0v) is 14.9. The van der Waals surface area contributed by atoms with Gasteiger partial charge in [0.2, 0.25) is 5.91 Å². The second-order valence-corrected chi connectivity index (χ2v) is 6.87. The van der Waals surface area contributed by atoms with Crippen LogP contribution in [-0.2, 0) is 14.3 Å². The highest BCUT2D eigenvalue weighted by molar-refractivity contribution is 6.01. The largest absolute Gasteiger partial charge is 0.467 e. The smallest absolute Gasteiger partial charge is 0.328 e. The number of ether oxygens (including phenoxy) is 1. The first-order valence-corrected chi connectivity index (χ1v) is 8.99. The van der Waals surface area contributed by atoms with Crippen LogP contribution in [0.3, 0.4) is 0 Å². The third kappa shape index (κ3) is 3.49. The molecule has 2 aliphatic rings. The number of likely N-dealkylation sites (tertiary alicyclic amines) is 1. The average Bonchev–Trinajstić information content (AvgIpc) is 3.06. The molecule has 1 aromatic rings. The topological polar surface area (TPSA) is 75.7 Å². The normalized spacial score (nSPS) is 24.5. The van der Waals surface area contributed by atoms with Gasteiger partial charge < -0.3 is 15.0 Å². The van der Waals surface area contributed by atoms with Gasteiger partial charge in [0.05, 0.1) is 7.11 Å². The summed E-state index contributed by atoms with van der Waals surface area (Å²) in [5.41, 5.74) is 0.974. The Balaban J connectivity index is 1.88. The molecule has 26 heavy (non-hydrogen) atoms. The van der Waals surface area contributed by atoms with E-state index in [2.05, 4.69) is 11.9 Å². The Hall–Kier alpha value is -2.63. The minimum Gasteiger partial charge on any atom is -0.467 e. The predicted molar refractivity (Wildman–Crippen MR) is 97.6 cm³/mol. The van der Waals surface area contributed by atoms with Crippen LogP contribution in [0.15, 0.2) is 36.9 Å². The Morgan fingerprint density at radius 1 is 1.27 bits per heavy atom. The summed E-state index contributed by atoms with van der Waals surface area (Å²) in [6.45, 7) is 3.42. The molecule has 1 saturated heterocycles. The SMILES string of the molecule is C=CC(=O)Nc1cccc(C(=O)N2[C@H](C(=O)OC)C[C@@H]3CCCC[C@@H]32)c1. The molecule has 3 rings (SSSR count). The Labute approximate surface area is 153 Å². The van der Waals surface area contributed by atoms with Gasteiger partial charge in [-0.05, 0) is 49.5 Å². The predicted octanol–water partition coefficient (Wildman–Crippen LogP) is 2.76. The van der Waals surface area contributed by atoms with E-state index in [1.54, 1.807) is 29.2 Å². The van der Waals surface area contributed by atoms with Crippen LogP contribution in [0.2, 0.25) is 0 Å². The van der Waals surface area contributed by atoms with E-state index in [4.69, 9.17) is 4.74 Å². The van der Waals surface area contributed by atoms with E-state index in [1.807, 2.05) is 0 Å². The Morgan fingerprint density at radius 3 is 2.77 bits per heavy atom. The van der Waals surface area contributed by atoms with Crippen LogP contribution >= 0.6 is 0 Å². The molecule has 138 valence electrons. The van der Waals surface area contributed by atoms with Crippen LogP contribution in [0.25, 0.3) is 0 Å². The maximum absolute atomic E-state index is 13.2. The van der Waals surface area contributed by atoms with Gasteiger partial charge in [-0.3, -0.25) is 9.59 Å². The van der Waals surface area contributed by atoms with Gasteiger partial charge >= 0.3 is 5.97 Å². The third-order valence-electron chi connectivity index (χ3n) is 5.36. The number of esters is 1. The first-order valence-electron chi connectivity index (χ1n) is 8.99. The Morgan fingerprint density at radius 2 is 2.04 bits per heavy atom.